The summed E-state index contributed by atoms with van der Waals surface area (Å²) in [5.74, 6) is 0.741. The maximum absolute atomic E-state index is 11.3. The van der Waals surface area contributed by atoms with Gasteiger partial charge in [-0.3, -0.25) is 0 Å². The molecule has 0 spiro atoms. The minimum Gasteiger partial charge on any atom is -0.316 e. The fourth-order valence-corrected chi connectivity index (χ4v) is 2.40. The summed E-state index contributed by atoms with van der Waals surface area (Å²) in [4.78, 5) is 0.379. The van der Waals surface area contributed by atoms with Crippen LogP contribution in [-0.4, -0.2) is 34.3 Å². The van der Waals surface area contributed by atoms with E-state index in [4.69, 9.17) is 0 Å². The van der Waals surface area contributed by atoms with Crippen molar-refractivity contribution < 1.29 is 8.42 Å². The fraction of sp³-hybridized carbons (Fsp3) is 0.500. The van der Waals surface area contributed by atoms with Gasteiger partial charge in [0.2, 0.25) is 0 Å². The van der Waals surface area contributed by atoms with Crippen LogP contribution in [0.25, 0.3) is 0 Å². The van der Waals surface area contributed by atoms with Crippen molar-refractivity contribution in [3.05, 3.63) is 29.8 Å². The molecule has 0 aliphatic carbocycles. The van der Waals surface area contributed by atoms with Gasteiger partial charge in [-0.1, -0.05) is 12.1 Å². The van der Waals surface area contributed by atoms with Crippen molar-refractivity contribution in [2.45, 2.75) is 11.4 Å². The summed E-state index contributed by atoms with van der Waals surface area (Å²) in [5.41, 5.74) is 1.12. The zero-order chi connectivity index (χ0) is 12.3. The smallest absolute Gasteiger partial charge is 0.175 e. The van der Waals surface area contributed by atoms with Crippen LogP contribution < -0.4 is 10.6 Å². The van der Waals surface area contributed by atoms with E-state index in [0.29, 0.717) is 4.90 Å². The standard InChI is InChI=1S/C12H18N2O2S/c1-17(15,16)12-4-2-10(3-5-12)6-13-7-11-8-14-9-11/h2-5,11,13-14H,6-9H2,1H3. The number of benzene rings is 1. The van der Waals surface area contributed by atoms with Gasteiger partial charge in [0.1, 0.15) is 0 Å². The van der Waals surface area contributed by atoms with Crippen molar-refractivity contribution in [1.29, 1.82) is 0 Å². The normalized spacial score (nSPS) is 16.8. The van der Waals surface area contributed by atoms with Gasteiger partial charge in [0, 0.05) is 32.4 Å². The Morgan fingerprint density at radius 1 is 1.29 bits per heavy atom. The second kappa shape index (κ2) is 5.16. The second-order valence-corrected chi connectivity index (χ2v) is 6.59. The summed E-state index contributed by atoms with van der Waals surface area (Å²) < 4.78 is 22.5. The van der Waals surface area contributed by atoms with Crippen LogP contribution in [0.1, 0.15) is 5.56 Å². The van der Waals surface area contributed by atoms with Gasteiger partial charge >= 0.3 is 0 Å². The van der Waals surface area contributed by atoms with Crippen molar-refractivity contribution in [2.75, 3.05) is 25.9 Å². The summed E-state index contributed by atoms with van der Waals surface area (Å²) in [5, 5.41) is 6.60. The highest BCUT2D eigenvalue weighted by molar-refractivity contribution is 7.90. The number of hydrogen-bond donors (Lipinski definition) is 2. The Bertz CT molecular complexity index is 464. The molecule has 1 fully saturated rings. The maximum Gasteiger partial charge on any atom is 0.175 e. The molecule has 1 saturated heterocycles. The molecule has 5 heteroatoms. The minimum atomic E-state index is -3.08. The maximum atomic E-state index is 11.3. The van der Waals surface area contributed by atoms with Gasteiger partial charge < -0.3 is 10.6 Å². The lowest BCUT2D eigenvalue weighted by molar-refractivity contribution is 0.331. The van der Waals surface area contributed by atoms with Crippen LogP contribution in [0.4, 0.5) is 0 Å². The monoisotopic (exact) mass is 254 g/mol. The number of hydrogen-bond acceptors (Lipinski definition) is 4. The van der Waals surface area contributed by atoms with Gasteiger partial charge in [0.05, 0.1) is 4.90 Å². The van der Waals surface area contributed by atoms with E-state index in [-0.39, 0.29) is 0 Å². The topological polar surface area (TPSA) is 58.2 Å². The third-order valence-electron chi connectivity index (χ3n) is 2.98. The predicted molar refractivity (Wildman–Crippen MR) is 67.6 cm³/mol. The first-order chi connectivity index (χ1) is 8.05. The molecule has 1 aromatic rings. The Balaban J connectivity index is 1.85. The molecule has 17 heavy (non-hydrogen) atoms. The molecule has 94 valence electrons. The largest absolute Gasteiger partial charge is 0.316 e. The van der Waals surface area contributed by atoms with Crippen LogP contribution in [0, 0.1) is 5.92 Å². The van der Waals surface area contributed by atoms with E-state index in [0.717, 1.165) is 37.7 Å². The van der Waals surface area contributed by atoms with Crippen molar-refractivity contribution >= 4 is 9.84 Å². The first-order valence-electron chi connectivity index (χ1n) is 5.76. The summed E-state index contributed by atoms with van der Waals surface area (Å²) in [6.07, 6.45) is 1.23. The summed E-state index contributed by atoms with van der Waals surface area (Å²) in [6, 6.07) is 7.05. The van der Waals surface area contributed by atoms with E-state index >= 15 is 0 Å². The first kappa shape index (κ1) is 12.5. The summed E-state index contributed by atoms with van der Waals surface area (Å²) >= 11 is 0. The molecule has 0 bridgehead atoms. The molecule has 1 aromatic carbocycles. The summed E-state index contributed by atoms with van der Waals surface area (Å²) in [6.45, 7) is 4.00. The average molecular weight is 254 g/mol. The SMILES string of the molecule is CS(=O)(=O)c1ccc(CNCC2CNC2)cc1. The van der Waals surface area contributed by atoms with E-state index in [1.807, 2.05) is 12.1 Å². The van der Waals surface area contributed by atoms with Gasteiger partial charge in [-0.15, -0.1) is 0 Å². The van der Waals surface area contributed by atoms with Crippen molar-refractivity contribution in [3.63, 3.8) is 0 Å². The molecule has 0 atom stereocenters. The molecule has 0 radical (unpaired) electrons. The van der Waals surface area contributed by atoms with E-state index in [2.05, 4.69) is 10.6 Å². The van der Waals surface area contributed by atoms with Gasteiger partial charge in [-0.25, -0.2) is 8.42 Å². The number of rotatable bonds is 5. The van der Waals surface area contributed by atoms with Crippen LogP contribution in [0.15, 0.2) is 29.2 Å². The third kappa shape index (κ3) is 3.52. The third-order valence-corrected chi connectivity index (χ3v) is 4.11. The van der Waals surface area contributed by atoms with E-state index < -0.39 is 9.84 Å². The highest BCUT2D eigenvalue weighted by Gasteiger charge is 2.15. The van der Waals surface area contributed by atoms with E-state index in [9.17, 15) is 8.42 Å². The fourth-order valence-electron chi connectivity index (χ4n) is 1.77. The van der Waals surface area contributed by atoms with Gasteiger partial charge in [0.15, 0.2) is 9.84 Å². The van der Waals surface area contributed by atoms with Gasteiger partial charge in [0.25, 0.3) is 0 Å². The molecule has 0 aromatic heterocycles. The van der Waals surface area contributed by atoms with E-state index in [1.165, 1.54) is 6.26 Å². The van der Waals surface area contributed by atoms with Crippen LogP contribution in [0.3, 0.4) is 0 Å². The molecular weight excluding hydrogens is 236 g/mol. The zero-order valence-electron chi connectivity index (χ0n) is 9.94. The molecule has 0 amide bonds. The van der Waals surface area contributed by atoms with Gasteiger partial charge in [-0.05, 0) is 23.6 Å². The molecule has 2 rings (SSSR count). The van der Waals surface area contributed by atoms with E-state index in [1.54, 1.807) is 12.1 Å². The Kier molecular flexibility index (Phi) is 3.81. The Hall–Kier alpha value is -0.910. The minimum absolute atomic E-state index is 0.379. The quantitative estimate of drug-likeness (QED) is 0.798. The zero-order valence-corrected chi connectivity index (χ0v) is 10.8. The molecule has 0 saturated carbocycles. The molecule has 1 heterocycles. The molecular formula is C12H18N2O2S. The highest BCUT2D eigenvalue weighted by atomic mass is 32.2. The second-order valence-electron chi connectivity index (χ2n) is 4.57. The predicted octanol–water partition coefficient (Wildman–Crippen LogP) is 0.399. The van der Waals surface area contributed by atoms with Crippen LogP contribution in [0.5, 0.6) is 0 Å². The highest BCUT2D eigenvalue weighted by Crippen LogP contribution is 2.10. The molecule has 1 aliphatic heterocycles. The lowest BCUT2D eigenvalue weighted by atomic mass is 10.0. The first-order valence-corrected chi connectivity index (χ1v) is 7.65. The lowest BCUT2D eigenvalue weighted by Gasteiger charge is -2.27. The number of nitrogens with one attached hydrogen (secondary N) is 2. The van der Waals surface area contributed by atoms with Crippen molar-refractivity contribution in [2.24, 2.45) is 5.92 Å². The van der Waals surface area contributed by atoms with Crippen LogP contribution >= 0.6 is 0 Å². The average Bonchev–Trinajstić information content (AvgIpc) is 2.21. The molecule has 2 N–H and O–H groups in total. The van der Waals surface area contributed by atoms with Crippen LogP contribution in [-0.2, 0) is 16.4 Å². The van der Waals surface area contributed by atoms with Crippen molar-refractivity contribution in [1.82, 2.24) is 10.6 Å². The lowest BCUT2D eigenvalue weighted by Crippen LogP contribution is -2.47. The Morgan fingerprint density at radius 3 is 2.41 bits per heavy atom. The van der Waals surface area contributed by atoms with Crippen molar-refractivity contribution in [3.8, 4) is 0 Å². The Morgan fingerprint density at radius 2 is 1.94 bits per heavy atom. The number of sulfone groups is 1. The molecule has 0 unspecified atom stereocenters. The molecule has 4 nitrogen and oxygen atoms in total. The Labute approximate surface area is 102 Å². The summed E-state index contributed by atoms with van der Waals surface area (Å²) in [7, 11) is -3.08. The van der Waals surface area contributed by atoms with Crippen LogP contribution in [0.2, 0.25) is 0 Å². The van der Waals surface area contributed by atoms with Gasteiger partial charge in [-0.2, -0.15) is 0 Å². The molecule has 1 aliphatic rings.